The van der Waals surface area contributed by atoms with Gasteiger partial charge in [-0.1, -0.05) is 42.5 Å². The lowest BCUT2D eigenvalue weighted by molar-refractivity contribution is -0.698. The van der Waals surface area contributed by atoms with Crippen LogP contribution in [0.2, 0.25) is 0 Å². The Morgan fingerprint density at radius 3 is 2.58 bits per heavy atom. The predicted octanol–water partition coefficient (Wildman–Crippen LogP) is 0.000420. The van der Waals surface area contributed by atoms with Gasteiger partial charge < -0.3 is 21.7 Å². The second-order valence-electron chi connectivity index (χ2n) is 5.62. The number of para-hydroxylation sites is 1. The highest BCUT2D eigenvalue weighted by Gasteiger charge is 2.08. The maximum atomic E-state index is 5.71. The number of nitrogens with zero attached hydrogens (tertiary/aromatic N) is 3. The molecule has 0 aliphatic rings. The summed E-state index contributed by atoms with van der Waals surface area (Å²) >= 11 is 0. The molecule has 0 N–H and O–H groups in total. The van der Waals surface area contributed by atoms with Crippen molar-refractivity contribution in [1.29, 1.82) is 0 Å². The van der Waals surface area contributed by atoms with E-state index in [2.05, 4.69) is 47.2 Å². The van der Waals surface area contributed by atoms with Crippen LogP contribution in [-0.2, 0) is 13.1 Å². The summed E-state index contributed by atoms with van der Waals surface area (Å²) in [5, 5.41) is 4.43. The summed E-state index contributed by atoms with van der Waals surface area (Å²) in [5.74, 6) is 0.924. The fourth-order valence-corrected chi connectivity index (χ4v) is 2.48. The number of rotatable bonds is 7. The zero-order valence-corrected chi connectivity index (χ0v) is 15.4. The van der Waals surface area contributed by atoms with Crippen LogP contribution < -0.4 is 26.3 Å². The second-order valence-corrected chi connectivity index (χ2v) is 5.62. The first-order valence-corrected chi connectivity index (χ1v) is 7.95. The summed E-state index contributed by atoms with van der Waals surface area (Å²) < 4.78 is 9.78. The number of aromatic nitrogens is 3. The molecule has 1 heterocycles. The number of aryl methyl sites for hydroxylation is 2. The normalized spacial score (nSPS) is 10.2. The smallest absolute Gasteiger partial charge is 0.265 e. The number of hydrogen-bond acceptors (Lipinski definition) is 2. The largest absolute Gasteiger partial charge is 1.00 e. The average Bonchev–Trinajstić information content (AvgIpc) is 3.02. The summed E-state index contributed by atoms with van der Waals surface area (Å²) in [6, 6.07) is 18.3. The zero-order valence-electron chi connectivity index (χ0n) is 13.8. The van der Waals surface area contributed by atoms with Gasteiger partial charge in [0, 0.05) is 11.5 Å². The molecular formula is C19H22BrN3O. The molecule has 4 nitrogen and oxygen atoms in total. The Bertz CT molecular complexity index is 743. The van der Waals surface area contributed by atoms with Crippen molar-refractivity contribution in [1.82, 2.24) is 9.78 Å². The van der Waals surface area contributed by atoms with Gasteiger partial charge in [0.1, 0.15) is 12.3 Å². The molecule has 1 aromatic heterocycles. The van der Waals surface area contributed by atoms with Crippen LogP contribution in [0.4, 0.5) is 0 Å². The molecule has 0 amide bonds. The quantitative estimate of drug-likeness (QED) is 0.422. The van der Waals surface area contributed by atoms with E-state index in [-0.39, 0.29) is 17.0 Å². The van der Waals surface area contributed by atoms with Crippen molar-refractivity contribution in [2.24, 2.45) is 0 Å². The van der Waals surface area contributed by atoms with Gasteiger partial charge in [-0.3, -0.25) is 0 Å². The average molecular weight is 388 g/mol. The SMILES string of the molecule is Cc1ccccc1Cn1c[n+](CCCOc2ccccc2)cn1.[Br-]. The van der Waals surface area contributed by atoms with Gasteiger partial charge in [-0.15, -0.1) is 4.68 Å². The van der Waals surface area contributed by atoms with E-state index in [0.29, 0.717) is 6.61 Å². The van der Waals surface area contributed by atoms with E-state index in [1.54, 1.807) is 0 Å². The summed E-state index contributed by atoms with van der Waals surface area (Å²) in [6.07, 6.45) is 4.88. The van der Waals surface area contributed by atoms with Crippen molar-refractivity contribution < 1.29 is 26.3 Å². The van der Waals surface area contributed by atoms with Gasteiger partial charge in [-0.25, -0.2) is 4.57 Å². The number of ether oxygens (including phenoxy) is 1. The van der Waals surface area contributed by atoms with Gasteiger partial charge in [0.25, 0.3) is 6.33 Å². The number of halogens is 1. The first kappa shape index (κ1) is 18.2. The minimum atomic E-state index is 0. The Balaban J connectivity index is 0.00000208. The molecule has 0 fully saturated rings. The first-order chi connectivity index (χ1) is 11.3. The highest BCUT2D eigenvalue weighted by Crippen LogP contribution is 2.09. The molecule has 0 radical (unpaired) electrons. The predicted molar refractivity (Wildman–Crippen MR) is 89.3 cm³/mol. The van der Waals surface area contributed by atoms with Crippen molar-refractivity contribution in [3.63, 3.8) is 0 Å². The molecule has 5 heteroatoms. The Morgan fingerprint density at radius 1 is 1.04 bits per heavy atom. The van der Waals surface area contributed by atoms with Crippen LogP contribution in [0.3, 0.4) is 0 Å². The topological polar surface area (TPSA) is 30.9 Å². The van der Waals surface area contributed by atoms with Crippen LogP contribution in [0.15, 0.2) is 67.3 Å². The van der Waals surface area contributed by atoms with Gasteiger partial charge in [0.15, 0.2) is 0 Å². The molecule has 0 unspecified atom stereocenters. The third-order valence-electron chi connectivity index (χ3n) is 3.80. The maximum absolute atomic E-state index is 5.71. The molecule has 0 spiro atoms. The molecule has 24 heavy (non-hydrogen) atoms. The van der Waals surface area contributed by atoms with Gasteiger partial charge in [-0.05, 0) is 30.2 Å². The van der Waals surface area contributed by atoms with E-state index >= 15 is 0 Å². The highest BCUT2D eigenvalue weighted by atomic mass is 79.9. The minimum absolute atomic E-state index is 0. The first-order valence-electron chi connectivity index (χ1n) is 7.95. The number of benzene rings is 2. The minimum Gasteiger partial charge on any atom is -1.00 e. The molecule has 3 aromatic rings. The Morgan fingerprint density at radius 2 is 1.79 bits per heavy atom. The van der Waals surface area contributed by atoms with E-state index < -0.39 is 0 Å². The van der Waals surface area contributed by atoms with E-state index in [4.69, 9.17) is 4.74 Å². The zero-order chi connectivity index (χ0) is 15.9. The standard InChI is InChI=1S/C19H22N3O.BrH/c1-17-8-5-6-9-18(17)14-22-16-21(15-20-22)12-7-13-23-19-10-3-2-4-11-19;/h2-6,8-11,15-16H,7,12-14H2,1H3;1H/q+1;/p-1. The van der Waals surface area contributed by atoms with Gasteiger partial charge >= 0.3 is 0 Å². The number of hydrogen-bond donors (Lipinski definition) is 0. The Labute approximate surface area is 153 Å². The molecule has 2 aromatic carbocycles. The van der Waals surface area contributed by atoms with Gasteiger partial charge in [0.05, 0.1) is 13.2 Å². The molecular weight excluding hydrogens is 366 g/mol. The van der Waals surface area contributed by atoms with Crippen molar-refractivity contribution in [2.75, 3.05) is 6.61 Å². The van der Waals surface area contributed by atoms with Crippen LogP contribution in [0.25, 0.3) is 0 Å². The highest BCUT2D eigenvalue weighted by molar-refractivity contribution is 5.25. The molecule has 0 bridgehead atoms. The van der Waals surface area contributed by atoms with E-state index in [9.17, 15) is 0 Å². The summed E-state index contributed by atoms with van der Waals surface area (Å²) in [6.45, 7) is 4.55. The van der Waals surface area contributed by atoms with Crippen molar-refractivity contribution in [2.45, 2.75) is 26.4 Å². The molecule has 0 saturated heterocycles. The van der Waals surface area contributed by atoms with E-state index in [0.717, 1.165) is 25.3 Å². The van der Waals surface area contributed by atoms with Crippen molar-refractivity contribution in [3.8, 4) is 5.75 Å². The lowest BCUT2D eigenvalue weighted by Gasteiger charge is -2.04. The fourth-order valence-electron chi connectivity index (χ4n) is 2.48. The summed E-state index contributed by atoms with van der Waals surface area (Å²) in [7, 11) is 0. The summed E-state index contributed by atoms with van der Waals surface area (Å²) in [4.78, 5) is 0. The van der Waals surface area contributed by atoms with Crippen LogP contribution >= 0.6 is 0 Å². The lowest BCUT2D eigenvalue weighted by Crippen LogP contribution is -3.00. The molecule has 0 aliphatic heterocycles. The van der Waals surface area contributed by atoms with Gasteiger partial charge in [0.2, 0.25) is 6.33 Å². The van der Waals surface area contributed by atoms with Crippen LogP contribution in [0.5, 0.6) is 5.75 Å². The Hall–Kier alpha value is -2.14. The van der Waals surface area contributed by atoms with E-state index in [1.807, 2.05) is 41.3 Å². The van der Waals surface area contributed by atoms with Crippen molar-refractivity contribution >= 4 is 0 Å². The van der Waals surface area contributed by atoms with Crippen LogP contribution in [0, 0.1) is 6.92 Å². The molecule has 0 atom stereocenters. The van der Waals surface area contributed by atoms with Crippen LogP contribution in [0.1, 0.15) is 17.5 Å². The third kappa shape index (κ3) is 5.20. The van der Waals surface area contributed by atoms with Crippen molar-refractivity contribution in [3.05, 3.63) is 78.4 Å². The Kier molecular flexibility index (Phi) is 7.00. The molecule has 3 rings (SSSR count). The van der Waals surface area contributed by atoms with Gasteiger partial charge in [-0.2, -0.15) is 0 Å². The van der Waals surface area contributed by atoms with E-state index in [1.165, 1.54) is 11.1 Å². The monoisotopic (exact) mass is 387 g/mol. The third-order valence-corrected chi connectivity index (χ3v) is 3.80. The summed E-state index contributed by atoms with van der Waals surface area (Å²) in [5.41, 5.74) is 2.60. The maximum Gasteiger partial charge on any atom is 0.265 e. The molecule has 0 aliphatic carbocycles. The lowest BCUT2D eigenvalue weighted by atomic mass is 10.1. The molecule has 126 valence electrons. The van der Waals surface area contributed by atoms with Crippen LogP contribution in [-0.4, -0.2) is 16.4 Å². The fraction of sp³-hybridized carbons (Fsp3) is 0.263. The second kappa shape index (κ2) is 9.23. The molecule has 0 saturated carbocycles.